The lowest BCUT2D eigenvalue weighted by Crippen LogP contribution is -2.27. The molecule has 0 heterocycles. The number of hydrogen-bond acceptors (Lipinski definition) is 1. The number of benzene rings is 1. The molecule has 4 atom stereocenters. The SMILES string of the molecule is CCNCC(Cc1ccc(C)cc1)CC1CC2CCC1C2. The summed E-state index contributed by atoms with van der Waals surface area (Å²) in [6, 6.07) is 9.18. The molecule has 4 unspecified atom stereocenters. The molecule has 2 aliphatic carbocycles. The molecule has 1 heteroatoms. The third kappa shape index (κ3) is 3.88. The minimum atomic E-state index is 0.817. The van der Waals surface area contributed by atoms with E-state index in [1.165, 1.54) is 49.8 Å². The van der Waals surface area contributed by atoms with Crippen molar-refractivity contribution in [1.82, 2.24) is 5.32 Å². The van der Waals surface area contributed by atoms with E-state index in [2.05, 4.69) is 43.4 Å². The van der Waals surface area contributed by atoms with Gasteiger partial charge in [0, 0.05) is 0 Å². The van der Waals surface area contributed by atoms with Gasteiger partial charge in [-0.2, -0.15) is 0 Å². The van der Waals surface area contributed by atoms with Crippen molar-refractivity contribution < 1.29 is 0 Å². The lowest BCUT2D eigenvalue weighted by Gasteiger charge is -2.27. The normalized spacial score (nSPS) is 29.0. The van der Waals surface area contributed by atoms with E-state index in [0.717, 1.165) is 30.2 Å². The van der Waals surface area contributed by atoms with Gasteiger partial charge >= 0.3 is 0 Å². The van der Waals surface area contributed by atoms with Gasteiger partial charge in [0.2, 0.25) is 0 Å². The van der Waals surface area contributed by atoms with Crippen LogP contribution in [0.5, 0.6) is 0 Å². The van der Waals surface area contributed by atoms with Crippen LogP contribution in [0.25, 0.3) is 0 Å². The van der Waals surface area contributed by atoms with Crippen LogP contribution in [0, 0.1) is 30.6 Å². The van der Waals surface area contributed by atoms with E-state index in [0.29, 0.717) is 0 Å². The summed E-state index contributed by atoms with van der Waals surface area (Å²) < 4.78 is 0. The molecule has 2 saturated carbocycles. The van der Waals surface area contributed by atoms with Crippen LogP contribution in [0.4, 0.5) is 0 Å². The average molecular weight is 285 g/mol. The Balaban J connectivity index is 1.59. The zero-order chi connectivity index (χ0) is 14.7. The maximum Gasteiger partial charge on any atom is -0.00173 e. The van der Waals surface area contributed by atoms with Crippen molar-refractivity contribution in [3.05, 3.63) is 35.4 Å². The third-order valence-corrected chi connectivity index (χ3v) is 5.85. The maximum atomic E-state index is 3.60. The summed E-state index contributed by atoms with van der Waals surface area (Å²) in [7, 11) is 0. The van der Waals surface area contributed by atoms with Crippen molar-refractivity contribution in [2.45, 2.75) is 52.4 Å². The molecule has 3 rings (SSSR count). The van der Waals surface area contributed by atoms with Crippen LogP contribution in [0.1, 0.15) is 50.2 Å². The second-order valence-corrected chi connectivity index (χ2v) is 7.53. The van der Waals surface area contributed by atoms with E-state index in [9.17, 15) is 0 Å². The fourth-order valence-corrected chi connectivity index (χ4v) is 4.74. The van der Waals surface area contributed by atoms with Gasteiger partial charge < -0.3 is 5.32 Å². The van der Waals surface area contributed by atoms with Gasteiger partial charge in [-0.05, 0) is 81.4 Å². The molecule has 0 amide bonds. The Bertz CT molecular complexity index is 436. The Morgan fingerprint density at radius 1 is 1.14 bits per heavy atom. The van der Waals surface area contributed by atoms with Crippen LogP contribution in [-0.2, 0) is 6.42 Å². The van der Waals surface area contributed by atoms with E-state index in [1.54, 1.807) is 6.42 Å². The van der Waals surface area contributed by atoms with Gasteiger partial charge in [0.1, 0.15) is 0 Å². The van der Waals surface area contributed by atoms with Crippen LogP contribution < -0.4 is 5.32 Å². The first kappa shape index (κ1) is 15.1. The predicted octanol–water partition coefficient (Wildman–Crippen LogP) is 4.59. The largest absolute Gasteiger partial charge is 0.317 e. The Morgan fingerprint density at radius 2 is 1.95 bits per heavy atom. The minimum absolute atomic E-state index is 0.817. The van der Waals surface area contributed by atoms with Crippen molar-refractivity contribution in [3.8, 4) is 0 Å². The summed E-state index contributed by atoms with van der Waals surface area (Å²) in [6.45, 7) is 6.69. The molecule has 116 valence electrons. The minimum Gasteiger partial charge on any atom is -0.317 e. The monoisotopic (exact) mass is 285 g/mol. The van der Waals surface area contributed by atoms with Crippen LogP contribution in [0.15, 0.2) is 24.3 Å². The van der Waals surface area contributed by atoms with Gasteiger partial charge in [-0.25, -0.2) is 0 Å². The van der Waals surface area contributed by atoms with E-state index < -0.39 is 0 Å². The highest BCUT2D eigenvalue weighted by Gasteiger charge is 2.39. The Labute approximate surface area is 130 Å². The summed E-state index contributed by atoms with van der Waals surface area (Å²) in [5.74, 6) is 3.99. The van der Waals surface area contributed by atoms with Gasteiger partial charge in [-0.1, -0.05) is 43.2 Å². The highest BCUT2D eigenvalue weighted by molar-refractivity contribution is 5.21. The molecule has 1 N–H and O–H groups in total. The van der Waals surface area contributed by atoms with Crippen molar-refractivity contribution in [3.63, 3.8) is 0 Å². The first-order valence-corrected chi connectivity index (χ1v) is 9.00. The number of aryl methyl sites for hydroxylation is 1. The molecule has 1 aromatic carbocycles. The standard InChI is InChI=1S/C20H31N/c1-3-21-14-18(10-16-6-4-15(2)5-7-16)13-20-12-17-8-9-19(20)11-17/h4-7,17-21H,3,8-14H2,1-2H3. The molecule has 0 aliphatic heterocycles. The first-order valence-electron chi connectivity index (χ1n) is 9.00. The predicted molar refractivity (Wildman–Crippen MR) is 90.5 cm³/mol. The molecule has 1 aromatic rings. The third-order valence-electron chi connectivity index (χ3n) is 5.85. The first-order chi connectivity index (χ1) is 10.2. The van der Waals surface area contributed by atoms with Crippen molar-refractivity contribution in [2.75, 3.05) is 13.1 Å². The lowest BCUT2D eigenvalue weighted by molar-refractivity contribution is 0.262. The molecule has 0 spiro atoms. The molecule has 0 aromatic heterocycles. The summed E-state index contributed by atoms with van der Waals surface area (Å²) in [6.07, 6.45) is 8.82. The number of fused-ring (bicyclic) bond motifs is 2. The lowest BCUT2D eigenvalue weighted by atomic mass is 9.80. The van der Waals surface area contributed by atoms with E-state index in [1.807, 2.05) is 0 Å². The Hall–Kier alpha value is -0.820. The van der Waals surface area contributed by atoms with Crippen LogP contribution in [-0.4, -0.2) is 13.1 Å². The quantitative estimate of drug-likeness (QED) is 0.772. The van der Waals surface area contributed by atoms with Crippen molar-refractivity contribution in [2.24, 2.45) is 23.7 Å². The van der Waals surface area contributed by atoms with Gasteiger partial charge in [-0.15, -0.1) is 0 Å². The molecular formula is C20H31N. The highest BCUT2D eigenvalue weighted by Crippen LogP contribution is 2.50. The van der Waals surface area contributed by atoms with Crippen LogP contribution >= 0.6 is 0 Å². The van der Waals surface area contributed by atoms with E-state index in [-0.39, 0.29) is 0 Å². The van der Waals surface area contributed by atoms with E-state index in [4.69, 9.17) is 0 Å². The molecule has 21 heavy (non-hydrogen) atoms. The second-order valence-electron chi connectivity index (χ2n) is 7.53. The summed E-state index contributed by atoms with van der Waals surface area (Å²) >= 11 is 0. The second kappa shape index (κ2) is 6.96. The number of rotatable bonds is 7. The smallest absolute Gasteiger partial charge is 0.00173 e. The van der Waals surface area contributed by atoms with Gasteiger partial charge in [-0.3, -0.25) is 0 Å². The van der Waals surface area contributed by atoms with E-state index >= 15 is 0 Å². The van der Waals surface area contributed by atoms with Crippen LogP contribution in [0.3, 0.4) is 0 Å². The summed E-state index contributed by atoms with van der Waals surface area (Å²) in [5.41, 5.74) is 2.89. The number of nitrogens with one attached hydrogen (secondary N) is 1. The molecule has 0 radical (unpaired) electrons. The zero-order valence-electron chi connectivity index (χ0n) is 13.8. The van der Waals surface area contributed by atoms with Gasteiger partial charge in [0.05, 0.1) is 0 Å². The van der Waals surface area contributed by atoms with Gasteiger partial charge in [0.25, 0.3) is 0 Å². The topological polar surface area (TPSA) is 12.0 Å². The molecule has 0 saturated heterocycles. The number of hydrogen-bond donors (Lipinski definition) is 1. The summed E-state index contributed by atoms with van der Waals surface area (Å²) in [5, 5.41) is 3.60. The average Bonchev–Trinajstić information content (AvgIpc) is 3.09. The fraction of sp³-hybridized carbons (Fsp3) is 0.700. The van der Waals surface area contributed by atoms with Crippen molar-refractivity contribution in [1.29, 1.82) is 0 Å². The molecule has 2 bridgehead atoms. The van der Waals surface area contributed by atoms with Crippen LogP contribution in [0.2, 0.25) is 0 Å². The molecule has 2 fully saturated rings. The fourth-order valence-electron chi connectivity index (χ4n) is 4.74. The molecule has 2 aliphatic rings. The highest BCUT2D eigenvalue weighted by atomic mass is 14.8. The maximum absolute atomic E-state index is 3.60. The molecule has 1 nitrogen and oxygen atoms in total. The summed E-state index contributed by atoms with van der Waals surface area (Å²) in [4.78, 5) is 0. The molecular weight excluding hydrogens is 254 g/mol. The zero-order valence-corrected chi connectivity index (χ0v) is 13.8. The van der Waals surface area contributed by atoms with Gasteiger partial charge in [0.15, 0.2) is 0 Å². The Kier molecular flexibility index (Phi) is 5.00. The Morgan fingerprint density at radius 3 is 2.57 bits per heavy atom. The van der Waals surface area contributed by atoms with Crippen molar-refractivity contribution >= 4 is 0 Å².